The van der Waals surface area contributed by atoms with Crippen molar-refractivity contribution in [2.45, 2.75) is 39.0 Å². The monoisotopic (exact) mass is 345 g/mol. The molecule has 1 atom stereocenters. The van der Waals surface area contributed by atoms with Crippen LogP contribution in [0.25, 0.3) is 0 Å². The van der Waals surface area contributed by atoms with Crippen molar-refractivity contribution in [3.8, 4) is 0 Å². The van der Waals surface area contributed by atoms with Crippen LogP contribution in [0.2, 0.25) is 0 Å². The lowest BCUT2D eigenvalue weighted by Crippen LogP contribution is -2.22. The summed E-state index contributed by atoms with van der Waals surface area (Å²) in [6.07, 6.45) is 3.11. The van der Waals surface area contributed by atoms with Crippen LogP contribution < -0.4 is 5.32 Å². The SMILES string of the molecule is CCCc1nc(C2Cc3ccccc32)nc(NCC)c1Br. The maximum atomic E-state index is 4.83. The number of benzene rings is 1. The van der Waals surface area contributed by atoms with Crippen LogP contribution in [0.5, 0.6) is 0 Å². The number of aromatic nitrogens is 2. The van der Waals surface area contributed by atoms with Crippen LogP contribution in [0.4, 0.5) is 5.82 Å². The van der Waals surface area contributed by atoms with Gasteiger partial charge < -0.3 is 5.32 Å². The molecule has 0 spiro atoms. The molecule has 2 aromatic rings. The third-order valence-corrected chi connectivity index (χ3v) is 4.77. The lowest BCUT2D eigenvalue weighted by Gasteiger charge is -2.29. The van der Waals surface area contributed by atoms with Crippen LogP contribution in [0.1, 0.15) is 48.8 Å². The molecule has 1 aromatic heterocycles. The molecule has 21 heavy (non-hydrogen) atoms. The molecule has 3 nitrogen and oxygen atoms in total. The molecule has 0 amide bonds. The molecule has 1 aliphatic rings. The normalized spacial score (nSPS) is 16.2. The van der Waals surface area contributed by atoms with E-state index >= 15 is 0 Å². The molecule has 0 fully saturated rings. The van der Waals surface area contributed by atoms with Crippen molar-refractivity contribution in [1.29, 1.82) is 0 Å². The lowest BCUT2D eigenvalue weighted by atomic mass is 9.77. The Balaban J connectivity index is 1.99. The Morgan fingerprint density at radius 1 is 1.24 bits per heavy atom. The number of anilines is 1. The number of aryl methyl sites for hydroxylation is 1. The van der Waals surface area contributed by atoms with Gasteiger partial charge in [-0.15, -0.1) is 0 Å². The van der Waals surface area contributed by atoms with Crippen molar-refractivity contribution in [3.63, 3.8) is 0 Å². The molecule has 110 valence electrons. The molecule has 0 bridgehead atoms. The number of halogens is 1. The molecule has 0 aliphatic heterocycles. The smallest absolute Gasteiger partial charge is 0.144 e. The topological polar surface area (TPSA) is 37.8 Å². The van der Waals surface area contributed by atoms with Crippen LogP contribution in [-0.4, -0.2) is 16.5 Å². The first-order chi connectivity index (χ1) is 10.2. The summed E-state index contributed by atoms with van der Waals surface area (Å²) in [5.74, 6) is 2.23. The van der Waals surface area contributed by atoms with Gasteiger partial charge in [0.15, 0.2) is 0 Å². The van der Waals surface area contributed by atoms with Gasteiger partial charge in [0.25, 0.3) is 0 Å². The lowest BCUT2D eigenvalue weighted by molar-refractivity contribution is 0.651. The Bertz CT molecular complexity index is 627. The van der Waals surface area contributed by atoms with E-state index in [2.05, 4.69) is 59.4 Å². The molecule has 0 radical (unpaired) electrons. The summed E-state index contributed by atoms with van der Waals surface area (Å²) >= 11 is 3.65. The zero-order chi connectivity index (χ0) is 14.8. The van der Waals surface area contributed by atoms with Gasteiger partial charge >= 0.3 is 0 Å². The van der Waals surface area contributed by atoms with Gasteiger partial charge in [-0.1, -0.05) is 37.6 Å². The summed E-state index contributed by atoms with van der Waals surface area (Å²) < 4.78 is 1.02. The summed E-state index contributed by atoms with van der Waals surface area (Å²) in [4.78, 5) is 9.58. The number of hydrogen-bond donors (Lipinski definition) is 1. The van der Waals surface area contributed by atoms with Crippen LogP contribution in [-0.2, 0) is 12.8 Å². The molecule has 1 N–H and O–H groups in total. The average Bonchev–Trinajstić information content (AvgIpc) is 2.45. The van der Waals surface area contributed by atoms with Gasteiger partial charge in [-0.05, 0) is 46.8 Å². The third-order valence-electron chi connectivity index (χ3n) is 3.93. The van der Waals surface area contributed by atoms with Crippen molar-refractivity contribution in [3.05, 3.63) is 51.4 Å². The molecular weight excluding hydrogens is 326 g/mol. The molecule has 1 unspecified atom stereocenters. The minimum absolute atomic E-state index is 0.349. The average molecular weight is 346 g/mol. The number of nitrogens with zero attached hydrogens (tertiary/aromatic N) is 2. The second kappa shape index (κ2) is 6.14. The fourth-order valence-corrected chi connectivity index (χ4v) is 3.36. The summed E-state index contributed by atoms with van der Waals surface area (Å²) in [5, 5.41) is 3.34. The Morgan fingerprint density at radius 3 is 2.76 bits per heavy atom. The van der Waals surface area contributed by atoms with Crippen LogP contribution in [0.3, 0.4) is 0 Å². The van der Waals surface area contributed by atoms with E-state index in [-0.39, 0.29) is 0 Å². The van der Waals surface area contributed by atoms with Gasteiger partial charge in [-0.2, -0.15) is 0 Å². The number of rotatable bonds is 5. The third kappa shape index (κ3) is 2.69. The summed E-state index contributed by atoms with van der Waals surface area (Å²) in [6, 6.07) is 8.59. The minimum Gasteiger partial charge on any atom is -0.369 e. The van der Waals surface area contributed by atoms with E-state index in [0.29, 0.717) is 5.92 Å². The fourth-order valence-electron chi connectivity index (χ4n) is 2.84. The number of nitrogens with one attached hydrogen (secondary N) is 1. The number of hydrogen-bond acceptors (Lipinski definition) is 3. The molecule has 1 aliphatic carbocycles. The zero-order valence-electron chi connectivity index (χ0n) is 12.5. The molecule has 3 rings (SSSR count). The second-order valence-electron chi connectivity index (χ2n) is 5.43. The summed E-state index contributed by atoms with van der Waals surface area (Å²) in [5.41, 5.74) is 3.92. The minimum atomic E-state index is 0.349. The highest BCUT2D eigenvalue weighted by Crippen LogP contribution is 2.39. The first-order valence-electron chi connectivity index (χ1n) is 7.62. The molecular formula is C17H20BrN3. The van der Waals surface area contributed by atoms with Crippen LogP contribution in [0, 0.1) is 0 Å². The Kier molecular flexibility index (Phi) is 4.24. The van der Waals surface area contributed by atoms with E-state index in [9.17, 15) is 0 Å². The largest absolute Gasteiger partial charge is 0.369 e. The van der Waals surface area contributed by atoms with Crippen molar-refractivity contribution < 1.29 is 0 Å². The van der Waals surface area contributed by atoms with Gasteiger partial charge in [0.05, 0.1) is 10.2 Å². The Hall–Kier alpha value is -1.42. The molecule has 0 saturated carbocycles. The second-order valence-corrected chi connectivity index (χ2v) is 6.22. The zero-order valence-corrected chi connectivity index (χ0v) is 14.1. The predicted octanol–water partition coefficient (Wildman–Crippen LogP) is 4.31. The fraction of sp³-hybridized carbons (Fsp3) is 0.412. The molecule has 1 heterocycles. The number of fused-ring (bicyclic) bond motifs is 1. The van der Waals surface area contributed by atoms with E-state index < -0.39 is 0 Å². The van der Waals surface area contributed by atoms with Crippen molar-refractivity contribution >= 4 is 21.7 Å². The highest BCUT2D eigenvalue weighted by atomic mass is 79.9. The highest BCUT2D eigenvalue weighted by Gasteiger charge is 2.30. The molecule has 4 heteroatoms. The van der Waals surface area contributed by atoms with Gasteiger partial charge in [0, 0.05) is 12.5 Å². The van der Waals surface area contributed by atoms with Crippen LogP contribution >= 0.6 is 15.9 Å². The van der Waals surface area contributed by atoms with Gasteiger partial charge in [0.1, 0.15) is 11.6 Å². The quantitative estimate of drug-likeness (QED) is 0.877. The summed E-state index contributed by atoms with van der Waals surface area (Å²) in [7, 11) is 0. The van der Waals surface area contributed by atoms with E-state index in [1.54, 1.807) is 0 Å². The van der Waals surface area contributed by atoms with E-state index in [1.165, 1.54) is 11.1 Å². The first kappa shape index (κ1) is 14.5. The molecule has 0 saturated heterocycles. The first-order valence-corrected chi connectivity index (χ1v) is 8.41. The van der Waals surface area contributed by atoms with Gasteiger partial charge in [-0.3, -0.25) is 0 Å². The highest BCUT2D eigenvalue weighted by molar-refractivity contribution is 9.10. The summed E-state index contributed by atoms with van der Waals surface area (Å²) in [6.45, 7) is 5.13. The maximum Gasteiger partial charge on any atom is 0.144 e. The van der Waals surface area contributed by atoms with Crippen LogP contribution in [0.15, 0.2) is 28.7 Å². The molecule has 1 aromatic carbocycles. The van der Waals surface area contributed by atoms with Gasteiger partial charge in [-0.25, -0.2) is 9.97 Å². The van der Waals surface area contributed by atoms with Crippen molar-refractivity contribution in [1.82, 2.24) is 9.97 Å². The predicted molar refractivity (Wildman–Crippen MR) is 89.9 cm³/mol. The maximum absolute atomic E-state index is 4.83. The van der Waals surface area contributed by atoms with Crippen molar-refractivity contribution in [2.24, 2.45) is 0 Å². The van der Waals surface area contributed by atoms with Gasteiger partial charge in [0.2, 0.25) is 0 Å². The standard InChI is InChI=1S/C17H20BrN3/c1-3-7-14-15(18)17(19-4-2)21-16(20-14)13-10-11-8-5-6-9-12(11)13/h5-6,8-9,13H,3-4,7,10H2,1-2H3,(H,19,20,21). The Labute approximate surface area is 134 Å². The Morgan fingerprint density at radius 2 is 2.05 bits per heavy atom. The van der Waals surface area contributed by atoms with E-state index in [0.717, 1.165) is 47.6 Å². The van der Waals surface area contributed by atoms with Crippen molar-refractivity contribution in [2.75, 3.05) is 11.9 Å². The van der Waals surface area contributed by atoms with E-state index in [1.807, 2.05) is 0 Å². The van der Waals surface area contributed by atoms with E-state index in [4.69, 9.17) is 9.97 Å².